The van der Waals surface area contributed by atoms with E-state index in [2.05, 4.69) is 10.3 Å². The van der Waals surface area contributed by atoms with Crippen molar-refractivity contribution >= 4 is 0 Å². The van der Waals surface area contributed by atoms with E-state index in [1.54, 1.807) is 18.0 Å². The summed E-state index contributed by atoms with van der Waals surface area (Å²) in [5.74, 6) is 0. The summed E-state index contributed by atoms with van der Waals surface area (Å²) in [6.45, 7) is 5.84. The molecule has 5 nitrogen and oxygen atoms in total. The summed E-state index contributed by atoms with van der Waals surface area (Å²) in [6.07, 6.45) is 1.58. The second-order valence-corrected chi connectivity index (χ2v) is 3.73. The zero-order valence-electron chi connectivity index (χ0n) is 10.1. The molecule has 0 saturated heterocycles. The molecule has 1 aromatic heterocycles. The maximum absolute atomic E-state index is 11.6. The summed E-state index contributed by atoms with van der Waals surface area (Å²) in [7, 11) is 1.65. The van der Waals surface area contributed by atoms with Gasteiger partial charge in [0, 0.05) is 31.5 Å². The van der Waals surface area contributed by atoms with Gasteiger partial charge in [0.1, 0.15) is 0 Å². The normalized spacial score (nSPS) is 12.7. The van der Waals surface area contributed by atoms with Crippen LogP contribution in [0.5, 0.6) is 0 Å². The summed E-state index contributed by atoms with van der Waals surface area (Å²) in [6, 6.07) is 1.67. The minimum absolute atomic E-state index is 0.0218. The monoisotopic (exact) mass is 225 g/mol. The molecule has 1 atom stereocenters. The number of nitrogens with zero attached hydrogens (tertiary/aromatic N) is 2. The third-order valence-electron chi connectivity index (χ3n) is 2.29. The van der Waals surface area contributed by atoms with Crippen molar-refractivity contribution in [3.8, 4) is 0 Å². The fourth-order valence-corrected chi connectivity index (χ4v) is 1.56. The summed E-state index contributed by atoms with van der Waals surface area (Å²) < 4.78 is 6.69. The molecule has 1 unspecified atom stereocenters. The lowest BCUT2D eigenvalue weighted by molar-refractivity contribution is 0.159. The van der Waals surface area contributed by atoms with Crippen LogP contribution in [0.15, 0.2) is 17.2 Å². The molecule has 0 bridgehead atoms. The molecule has 0 aliphatic carbocycles. The van der Waals surface area contributed by atoms with E-state index in [0.717, 1.165) is 12.2 Å². The van der Waals surface area contributed by atoms with Crippen LogP contribution in [0.2, 0.25) is 0 Å². The van der Waals surface area contributed by atoms with Crippen LogP contribution in [-0.2, 0) is 11.3 Å². The topological polar surface area (TPSA) is 56.1 Å². The van der Waals surface area contributed by atoms with Gasteiger partial charge in [0.2, 0.25) is 0 Å². The second kappa shape index (κ2) is 6.40. The molecule has 0 fully saturated rings. The molecular formula is C11H19N3O2. The van der Waals surface area contributed by atoms with Crippen molar-refractivity contribution in [1.82, 2.24) is 14.9 Å². The Morgan fingerprint density at radius 2 is 2.38 bits per heavy atom. The van der Waals surface area contributed by atoms with Crippen LogP contribution in [0.1, 0.15) is 12.6 Å². The summed E-state index contributed by atoms with van der Waals surface area (Å²) in [5.41, 5.74) is 0.722. The highest BCUT2D eigenvalue weighted by Gasteiger charge is 2.08. The molecule has 1 rings (SSSR count). The molecule has 1 aromatic rings. The van der Waals surface area contributed by atoms with E-state index in [-0.39, 0.29) is 11.6 Å². The lowest BCUT2D eigenvalue weighted by Gasteiger charge is -2.17. The van der Waals surface area contributed by atoms with E-state index in [0.29, 0.717) is 13.2 Å². The Kier molecular flexibility index (Phi) is 5.14. The van der Waals surface area contributed by atoms with E-state index in [9.17, 15) is 4.79 Å². The zero-order chi connectivity index (χ0) is 12.0. The van der Waals surface area contributed by atoms with Crippen molar-refractivity contribution in [3.63, 3.8) is 0 Å². The predicted octanol–water partition coefficient (Wildman–Crippen LogP) is 0.176. The highest BCUT2D eigenvalue weighted by molar-refractivity contribution is 4.96. The van der Waals surface area contributed by atoms with Crippen LogP contribution in [0.25, 0.3) is 0 Å². The first kappa shape index (κ1) is 12.9. The third-order valence-corrected chi connectivity index (χ3v) is 2.29. The first-order valence-corrected chi connectivity index (χ1v) is 5.42. The molecule has 16 heavy (non-hydrogen) atoms. The first-order valence-electron chi connectivity index (χ1n) is 5.42. The number of hydrogen-bond acceptors (Lipinski definition) is 4. The molecule has 5 heteroatoms. The molecule has 0 aromatic carbocycles. The van der Waals surface area contributed by atoms with Crippen LogP contribution in [-0.4, -0.2) is 35.9 Å². The van der Waals surface area contributed by atoms with Crippen LogP contribution in [0.3, 0.4) is 0 Å². The predicted molar refractivity (Wildman–Crippen MR) is 62.6 cm³/mol. The standard InChI is InChI=1S/C11H19N3O2/c1-4-12-10(7-16-3)6-14-8-13-9(2)5-11(14)15/h5,8,10,12H,4,6-7H2,1-3H3. The van der Waals surface area contributed by atoms with Crippen LogP contribution in [0.4, 0.5) is 0 Å². The average Bonchev–Trinajstić information content (AvgIpc) is 2.23. The summed E-state index contributed by atoms with van der Waals surface area (Å²) in [5, 5.41) is 3.26. The summed E-state index contributed by atoms with van der Waals surface area (Å²) >= 11 is 0. The van der Waals surface area contributed by atoms with Crippen LogP contribution in [0, 0.1) is 6.92 Å². The molecular weight excluding hydrogens is 206 g/mol. The minimum Gasteiger partial charge on any atom is -0.383 e. The smallest absolute Gasteiger partial charge is 0.253 e. The number of rotatable bonds is 6. The largest absolute Gasteiger partial charge is 0.383 e. The number of methoxy groups -OCH3 is 1. The Balaban J connectivity index is 2.72. The fraction of sp³-hybridized carbons (Fsp3) is 0.636. The number of aromatic nitrogens is 2. The third kappa shape index (κ3) is 3.75. The second-order valence-electron chi connectivity index (χ2n) is 3.73. The Morgan fingerprint density at radius 3 is 2.94 bits per heavy atom. The number of likely N-dealkylation sites (N-methyl/N-ethyl adjacent to an activating group) is 1. The minimum atomic E-state index is -0.0218. The van der Waals surface area contributed by atoms with Gasteiger partial charge in [0.15, 0.2) is 0 Å². The van der Waals surface area contributed by atoms with E-state index >= 15 is 0 Å². The van der Waals surface area contributed by atoms with Gasteiger partial charge in [-0.2, -0.15) is 0 Å². The lowest BCUT2D eigenvalue weighted by Crippen LogP contribution is -2.39. The van der Waals surface area contributed by atoms with E-state index < -0.39 is 0 Å². The van der Waals surface area contributed by atoms with Crippen molar-refractivity contribution in [2.45, 2.75) is 26.4 Å². The van der Waals surface area contributed by atoms with E-state index in [1.807, 2.05) is 13.8 Å². The number of hydrogen-bond donors (Lipinski definition) is 1. The Bertz CT molecular complexity index is 370. The fourth-order valence-electron chi connectivity index (χ4n) is 1.56. The van der Waals surface area contributed by atoms with Crippen molar-refractivity contribution in [2.75, 3.05) is 20.3 Å². The Hall–Kier alpha value is -1.20. The number of ether oxygens (including phenoxy) is 1. The Morgan fingerprint density at radius 1 is 1.62 bits per heavy atom. The van der Waals surface area contributed by atoms with Gasteiger partial charge in [0.25, 0.3) is 5.56 Å². The molecule has 0 saturated carbocycles. The zero-order valence-corrected chi connectivity index (χ0v) is 10.1. The van der Waals surface area contributed by atoms with E-state index in [4.69, 9.17) is 4.74 Å². The molecule has 1 N–H and O–H groups in total. The molecule has 1 heterocycles. The maximum Gasteiger partial charge on any atom is 0.253 e. The maximum atomic E-state index is 11.6. The molecule has 0 amide bonds. The van der Waals surface area contributed by atoms with Crippen molar-refractivity contribution in [1.29, 1.82) is 0 Å². The van der Waals surface area contributed by atoms with Gasteiger partial charge in [-0.15, -0.1) is 0 Å². The highest BCUT2D eigenvalue weighted by Crippen LogP contribution is 1.91. The van der Waals surface area contributed by atoms with Crippen molar-refractivity contribution < 1.29 is 4.74 Å². The molecule has 0 radical (unpaired) electrons. The quantitative estimate of drug-likeness (QED) is 0.750. The highest BCUT2D eigenvalue weighted by atomic mass is 16.5. The Labute approximate surface area is 95.5 Å². The molecule has 0 spiro atoms. The summed E-state index contributed by atoms with van der Waals surface area (Å²) in [4.78, 5) is 15.7. The molecule has 90 valence electrons. The van der Waals surface area contributed by atoms with Gasteiger partial charge in [-0.3, -0.25) is 9.36 Å². The van der Waals surface area contributed by atoms with Crippen molar-refractivity contribution in [2.24, 2.45) is 0 Å². The number of aryl methyl sites for hydroxylation is 1. The van der Waals surface area contributed by atoms with Crippen LogP contribution >= 0.6 is 0 Å². The lowest BCUT2D eigenvalue weighted by atomic mass is 10.3. The van der Waals surface area contributed by atoms with Gasteiger partial charge in [0.05, 0.1) is 12.9 Å². The first-order chi connectivity index (χ1) is 7.67. The van der Waals surface area contributed by atoms with Gasteiger partial charge in [-0.25, -0.2) is 4.98 Å². The van der Waals surface area contributed by atoms with Crippen LogP contribution < -0.4 is 10.9 Å². The number of nitrogens with one attached hydrogen (secondary N) is 1. The van der Waals surface area contributed by atoms with Gasteiger partial charge in [-0.05, 0) is 13.5 Å². The van der Waals surface area contributed by atoms with Gasteiger partial charge < -0.3 is 10.1 Å². The molecule has 0 aliphatic heterocycles. The average molecular weight is 225 g/mol. The van der Waals surface area contributed by atoms with Gasteiger partial charge in [-0.1, -0.05) is 6.92 Å². The van der Waals surface area contributed by atoms with Crippen molar-refractivity contribution in [3.05, 3.63) is 28.4 Å². The SMILES string of the molecule is CCNC(COC)Cn1cnc(C)cc1=O. The molecule has 0 aliphatic rings. The van der Waals surface area contributed by atoms with E-state index in [1.165, 1.54) is 6.07 Å². The van der Waals surface area contributed by atoms with Gasteiger partial charge >= 0.3 is 0 Å².